The van der Waals surface area contributed by atoms with E-state index in [0.29, 0.717) is 32.1 Å². The van der Waals surface area contributed by atoms with Gasteiger partial charge in [-0.3, -0.25) is 14.8 Å². The largest absolute Gasteiger partial charge is 0.477 e. The van der Waals surface area contributed by atoms with Crippen LogP contribution in [0.15, 0.2) is 30.9 Å². The molecule has 1 amide bonds. The molecule has 1 aliphatic heterocycles. The Labute approximate surface area is 221 Å². The molecule has 2 aliphatic rings. The Hall–Kier alpha value is -3.03. The van der Waals surface area contributed by atoms with E-state index in [9.17, 15) is 13.4 Å². The molecule has 3 aromatic heterocycles. The lowest BCUT2D eigenvalue weighted by atomic mass is 9.95. The summed E-state index contributed by atoms with van der Waals surface area (Å²) < 4.78 is 39.9. The van der Waals surface area contributed by atoms with Crippen LogP contribution in [0.3, 0.4) is 0 Å². The van der Waals surface area contributed by atoms with Gasteiger partial charge >= 0.3 is 0 Å². The Balaban J connectivity index is 0.000000186. The molecule has 2 fully saturated rings. The summed E-state index contributed by atoms with van der Waals surface area (Å²) in [6.07, 6.45) is 9.67. The molecule has 198 valence electrons. The van der Waals surface area contributed by atoms with Crippen molar-refractivity contribution in [2.45, 2.75) is 44.4 Å². The second kappa shape index (κ2) is 13.0. The Morgan fingerprint density at radius 2 is 2.14 bits per heavy atom. The summed E-state index contributed by atoms with van der Waals surface area (Å²) in [6.45, 7) is 5.53. The highest BCUT2D eigenvalue weighted by Crippen LogP contribution is 2.32. The van der Waals surface area contributed by atoms with E-state index in [1.807, 2.05) is 13.8 Å². The quantitative estimate of drug-likeness (QED) is 0.368. The summed E-state index contributed by atoms with van der Waals surface area (Å²) in [7, 11) is -1.28. The Morgan fingerprint density at radius 3 is 2.78 bits per heavy atom. The van der Waals surface area contributed by atoms with Gasteiger partial charge in [-0.25, -0.2) is 18.6 Å². The average Bonchev–Trinajstić information content (AvgIpc) is 3.43. The van der Waals surface area contributed by atoms with Gasteiger partial charge in [-0.2, -0.15) is 0 Å². The van der Waals surface area contributed by atoms with E-state index in [4.69, 9.17) is 9.47 Å². The van der Waals surface area contributed by atoms with Gasteiger partial charge in [0.05, 0.1) is 52.5 Å². The van der Waals surface area contributed by atoms with Crippen LogP contribution >= 0.6 is 11.3 Å². The lowest BCUT2D eigenvalue weighted by Crippen LogP contribution is -2.29. The number of rotatable bonds is 10. The van der Waals surface area contributed by atoms with Gasteiger partial charge in [-0.1, -0.05) is 0 Å². The normalized spacial score (nSPS) is 18.3. The van der Waals surface area contributed by atoms with Crippen LogP contribution in [0.1, 0.15) is 42.9 Å². The SMILES string of the molecule is CCOc1cncc(-c2cnc(C)s2)n1.O=CNC(c1nccc(NS(=O)C2CC2)c1F)C1CCOC1. The van der Waals surface area contributed by atoms with Gasteiger partial charge in [-0.05, 0) is 39.2 Å². The number of hydrogen-bond donors (Lipinski definition) is 2. The number of ether oxygens (including phenoxy) is 2. The lowest BCUT2D eigenvalue weighted by Gasteiger charge is -2.22. The van der Waals surface area contributed by atoms with Crippen LogP contribution in [0.2, 0.25) is 0 Å². The minimum Gasteiger partial charge on any atom is -0.477 e. The number of carbonyl (C=O) groups is 1. The molecule has 0 aromatic carbocycles. The maximum Gasteiger partial charge on any atom is 0.232 e. The molecule has 2 N–H and O–H groups in total. The molecular formula is C24H29FN6O4S2. The smallest absolute Gasteiger partial charge is 0.232 e. The Kier molecular flexibility index (Phi) is 9.47. The van der Waals surface area contributed by atoms with Crippen LogP contribution in [-0.4, -0.2) is 55.6 Å². The van der Waals surface area contributed by atoms with Crippen molar-refractivity contribution in [2.24, 2.45) is 5.92 Å². The first kappa shape index (κ1) is 27.0. The van der Waals surface area contributed by atoms with E-state index in [-0.39, 0.29) is 22.5 Å². The second-order valence-corrected chi connectivity index (χ2v) is 11.2. The predicted octanol–water partition coefficient (Wildman–Crippen LogP) is 3.59. The second-order valence-electron chi connectivity index (χ2n) is 8.46. The van der Waals surface area contributed by atoms with Crippen molar-refractivity contribution in [2.75, 3.05) is 24.5 Å². The van der Waals surface area contributed by atoms with Gasteiger partial charge in [-0.15, -0.1) is 11.3 Å². The number of nitrogens with one attached hydrogen (secondary N) is 2. The zero-order valence-electron chi connectivity index (χ0n) is 20.6. The van der Waals surface area contributed by atoms with Gasteiger partial charge in [0, 0.05) is 24.9 Å². The van der Waals surface area contributed by atoms with Crippen molar-refractivity contribution in [1.29, 1.82) is 0 Å². The molecule has 37 heavy (non-hydrogen) atoms. The van der Waals surface area contributed by atoms with Gasteiger partial charge in [0.15, 0.2) is 5.82 Å². The topological polar surface area (TPSA) is 128 Å². The van der Waals surface area contributed by atoms with Crippen LogP contribution in [0.5, 0.6) is 5.88 Å². The zero-order valence-corrected chi connectivity index (χ0v) is 22.2. The summed E-state index contributed by atoms with van der Waals surface area (Å²) in [5, 5.41) is 3.75. The number of anilines is 1. The third-order valence-electron chi connectivity index (χ3n) is 5.71. The fraction of sp³-hybridized carbons (Fsp3) is 0.458. The molecule has 3 unspecified atom stereocenters. The van der Waals surface area contributed by atoms with E-state index < -0.39 is 22.8 Å². The monoisotopic (exact) mass is 548 g/mol. The number of carbonyl (C=O) groups excluding carboxylic acids is 1. The average molecular weight is 549 g/mol. The first-order valence-electron chi connectivity index (χ1n) is 12.0. The standard InChI is InChI=1S/C14H18FN3O3S.C10H11N3OS/c15-12-11(18-22(20)10-1-2-10)3-5-16-14(12)13(17-8-19)9-4-6-21-7-9;1-3-14-10-6-11-4-8(13-10)9-5-12-7(2)15-9/h3,5,8-10,13H,1-2,4,6-7H2,(H,16,18)(H,17,19);4-6H,3H2,1-2H3. The van der Waals surface area contributed by atoms with Crippen LogP contribution in [0.4, 0.5) is 10.1 Å². The highest BCUT2D eigenvalue weighted by molar-refractivity contribution is 7.87. The van der Waals surface area contributed by atoms with E-state index in [2.05, 4.69) is 30.0 Å². The molecule has 1 saturated heterocycles. The van der Waals surface area contributed by atoms with E-state index in [1.54, 1.807) is 29.9 Å². The van der Waals surface area contributed by atoms with Crippen molar-refractivity contribution in [3.05, 3.63) is 47.4 Å². The van der Waals surface area contributed by atoms with Crippen molar-refractivity contribution in [1.82, 2.24) is 25.3 Å². The van der Waals surface area contributed by atoms with E-state index >= 15 is 0 Å². The summed E-state index contributed by atoms with van der Waals surface area (Å²) in [6, 6.07) is 0.915. The Morgan fingerprint density at radius 1 is 1.30 bits per heavy atom. The molecule has 5 rings (SSSR count). The van der Waals surface area contributed by atoms with Gasteiger partial charge in [0.25, 0.3) is 0 Å². The van der Waals surface area contributed by atoms with E-state index in [0.717, 1.165) is 34.8 Å². The molecule has 0 radical (unpaired) electrons. The summed E-state index contributed by atoms with van der Waals surface area (Å²) >= 11 is 1.60. The molecule has 13 heteroatoms. The number of hydrogen-bond acceptors (Lipinski definition) is 9. The fourth-order valence-electron chi connectivity index (χ4n) is 3.72. The number of thiazole rings is 1. The molecule has 3 atom stereocenters. The number of halogens is 1. The van der Waals surface area contributed by atoms with Gasteiger partial charge in [0.1, 0.15) is 22.4 Å². The van der Waals surface area contributed by atoms with Crippen molar-refractivity contribution >= 4 is 34.4 Å². The first-order valence-corrected chi connectivity index (χ1v) is 14.0. The number of aryl methyl sites for hydroxylation is 1. The number of nitrogens with zero attached hydrogens (tertiary/aromatic N) is 4. The predicted molar refractivity (Wildman–Crippen MR) is 139 cm³/mol. The maximum absolute atomic E-state index is 14.7. The zero-order chi connectivity index (χ0) is 26.2. The van der Waals surface area contributed by atoms with Crippen molar-refractivity contribution in [3.63, 3.8) is 0 Å². The number of amides is 1. The fourth-order valence-corrected chi connectivity index (χ4v) is 5.56. The minimum absolute atomic E-state index is 0.0172. The first-order chi connectivity index (χ1) is 18.0. The summed E-state index contributed by atoms with van der Waals surface area (Å²) in [4.78, 5) is 28.5. The van der Waals surface area contributed by atoms with E-state index in [1.165, 1.54) is 12.3 Å². The molecular weight excluding hydrogens is 519 g/mol. The minimum atomic E-state index is -1.28. The number of pyridine rings is 1. The summed E-state index contributed by atoms with van der Waals surface area (Å²) in [5.74, 6) is -0.0276. The van der Waals surface area contributed by atoms with Crippen LogP contribution in [0, 0.1) is 18.7 Å². The number of aromatic nitrogens is 4. The molecule has 3 aromatic rings. The van der Waals surface area contributed by atoms with Crippen LogP contribution in [-0.2, 0) is 20.5 Å². The van der Waals surface area contributed by atoms with Crippen LogP contribution in [0.25, 0.3) is 10.6 Å². The summed E-state index contributed by atoms with van der Waals surface area (Å²) in [5.41, 5.74) is 1.12. The third-order valence-corrected chi connectivity index (χ3v) is 8.14. The molecule has 0 bridgehead atoms. The lowest BCUT2D eigenvalue weighted by molar-refractivity contribution is -0.110. The van der Waals surface area contributed by atoms with Crippen molar-refractivity contribution < 1.29 is 22.9 Å². The third kappa shape index (κ3) is 7.27. The highest BCUT2D eigenvalue weighted by atomic mass is 32.2. The molecule has 0 spiro atoms. The maximum atomic E-state index is 14.7. The van der Waals surface area contributed by atoms with Crippen molar-refractivity contribution in [3.8, 4) is 16.5 Å². The molecule has 1 aliphatic carbocycles. The highest BCUT2D eigenvalue weighted by Gasteiger charge is 2.32. The molecule has 4 heterocycles. The van der Waals surface area contributed by atoms with Gasteiger partial charge in [0.2, 0.25) is 12.3 Å². The molecule has 1 saturated carbocycles. The van der Waals surface area contributed by atoms with Crippen LogP contribution < -0.4 is 14.8 Å². The Bertz CT molecular complexity index is 1220. The molecule has 10 nitrogen and oxygen atoms in total. The van der Waals surface area contributed by atoms with Gasteiger partial charge < -0.3 is 19.5 Å².